The van der Waals surface area contributed by atoms with Crippen LogP contribution in [0.1, 0.15) is 131 Å². The largest absolute Gasteiger partial charge is 0.458 e. The van der Waals surface area contributed by atoms with E-state index in [0.29, 0.717) is 0 Å². The van der Waals surface area contributed by atoms with Gasteiger partial charge in [0.1, 0.15) is 11.0 Å². The lowest BCUT2D eigenvalue weighted by Gasteiger charge is -2.27. The molecule has 1 aliphatic carbocycles. The summed E-state index contributed by atoms with van der Waals surface area (Å²) in [5.41, 5.74) is 0. The lowest BCUT2D eigenvalue weighted by Crippen LogP contribution is -2.24. The average Bonchev–Trinajstić information content (AvgIpc) is 3.20. The Bertz CT molecular complexity index is 543. The van der Waals surface area contributed by atoms with E-state index in [-0.39, 0.29) is 12.1 Å². The third kappa shape index (κ3) is 10.2. The number of hydrogen-bond acceptors (Lipinski definition) is 3. The third-order valence-electron chi connectivity index (χ3n) is 6.40. The van der Waals surface area contributed by atoms with Crippen LogP contribution in [-0.4, -0.2) is 12.1 Å². The maximum atomic E-state index is 12.5. The molecule has 1 aromatic heterocycles. The summed E-state index contributed by atoms with van der Waals surface area (Å²) in [7, 11) is 0. The highest BCUT2D eigenvalue weighted by Crippen LogP contribution is 2.30. The van der Waals surface area contributed by atoms with Crippen molar-refractivity contribution in [2.45, 2.75) is 129 Å². The summed E-state index contributed by atoms with van der Waals surface area (Å²) in [6.45, 7) is 4.54. The van der Waals surface area contributed by atoms with Gasteiger partial charge in [0.05, 0.1) is 0 Å². The van der Waals surface area contributed by atoms with Crippen molar-refractivity contribution in [1.82, 2.24) is 0 Å². The fourth-order valence-electron chi connectivity index (χ4n) is 4.56. The highest BCUT2D eigenvalue weighted by molar-refractivity contribution is 7.13. The Morgan fingerprint density at radius 2 is 1.48 bits per heavy atom. The lowest BCUT2D eigenvalue weighted by atomic mass is 9.85. The van der Waals surface area contributed by atoms with Gasteiger partial charge in [0.25, 0.3) is 0 Å². The van der Waals surface area contributed by atoms with E-state index < -0.39 is 0 Å². The van der Waals surface area contributed by atoms with Crippen LogP contribution in [0.4, 0.5) is 0 Å². The monoisotopic (exact) mass is 420 g/mol. The van der Waals surface area contributed by atoms with E-state index in [2.05, 4.69) is 19.9 Å². The maximum Gasteiger partial charge on any atom is 0.348 e. The van der Waals surface area contributed by atoms with Crippen molar-refractivity contribution >= 4 is 17.3 Å². The molecule has 1 aromatic rings. The van der Waals surface area contributed by atoms with Crippen LogP contribution in [0.15, 0.2) is 12.1 Å². The number of rotatable bonds is 15. The molecule has 0 aliphatic heterocycles. The fraction of sp³-hybridized carbons (Fsp3) is 0.808. The summed E-state index contributed by atoms with van der Waals surface area (Å²) in [5.74, 6) is 0.757. The van der Waals surface area contributed by atoms with E-state index in [9.17, 15) is 4.79 Å². The Kier molecular flexibility index (Phi) is 12.7. The topological polar surface area (TPSA) is 26.3 Å². The van der Waals surface area contributed by atoms with E-state index in [0.717, 1.165) is 30.1 Å². The van der Waals surface area contributed by atoms with Gasteiger partial charge in [-0.05, 0) is 56.6 Å². The number of carbonyl (C=O) groups excluding carboxylic acids is 1. The Morgan fingerprint density at radius 3 is 2.10 bits per heavy atom. The summed E-state index contributed by atoms with van der Waals surface area (Å²) in [6, 6.07) is 4.11. The Hall–Kier alpha value is -0.830. The highest BCUT2D eigenvalue weighted by Gasteiger charge is 2.24. The number of unbranched alkanes of at least 4 members (excludes halogenated alkanes) is 9. The molecule has 0 atom stereocenters. The van der Waals surface area contributed by atoms with Crippen LogP contribution in [0.5, 0.6) is 0 Å². The van der Waals surface area contributed by atoms with E-state index in [4.69, 9.17) is 4.74 Å². The molecule has 1 heterocycles. The zero-order chi connectivity index (χ0) is 20.7. The number of hydrogen-bond donors (Lipinski definition) is 0. The first-order valence-electron chi connectivity index (χ1n) is 12.5. The van der Waals surface area contributed by atoms with Gasteiger partial charge in [-0.3, -0.25) is 0 Å². The molecule has 3 heteroatoms. The minimum absolute atomic E-state index is 0.0942. The molecule has 1 fully saturated rings. The fourth-order valence-corrected chi connectivity index (χ4v) is 5.50. The molecule has 1 aliphatic rings. The molecule has 0 N–H and O–H groups in total. The number of carbonyl (C=O) groups is 1. The van der Waals surface area contributed by atoms with E-state index >= 15 is 0 Å². The second-order valence-electron chi connectivity index (χ2n) is 9.03. The van der Waals surface area contributed by atoms with Crippen LogP contribution in [0, 0.1) is 5.92 Å². The minimum Gasteiger partial charge on any atom is -0.458 e. The standard InChI is InChI=1S/C26H44O2S/c1-3-5-6-7-8-9-10-11-12-13-15-24-20-21-25(29-24)26(27)28-23-18-16-22(14-4-2)17-19-23/h20-23H,3-19H2,1-2H3/t22-,23-. The van der Waals surface area contributed by atoms with Gasteiger partial charge in [0.2, 0.25) is 0 Å². The van der Waals surface area contributed by atoms with Crippen LogP contribution < -0.4 is 0 Å². The zero-order valence-electron chi connectivity index (χ0n) is 19.1. The zero-order valence-corrected chi connectivity index (χ0v) is 19.9. The highest BCUT2D eigenvalue weighted by atomic mass is 32.1. The Morgan fingerprint density at radius 1 is 0.862 bits per heavy atom. The van der Waals surface area contributed by atoms with E-state index in [1.165, 1.54) is 94.8 Å². The molecular formula is C26H44O2S. The second-order valence-corrected chi connectivity index (χ2v) is 10.2. The normalized spacial score (nSPS) is 19.4. The van der Waals surface area contributed by atoms with Crippen LogP contribution in [0.3, 0.4) is 0 Å². The van der Waals surface area contributed by atoms with Crippen molar-refractivity contribution < 1.29 is 9.53 Å². The van der Waals surface area contributed by atoms with E-state index in [1.54, 1.807) is 11.3 Å². The molecule has 1 saturated carbocycles. The first-order chi connectivity index (χ1) is 14.2. The van der Waals surface area contributed by atoms with Crippen molar-refractivity contribution in [1.29, 1.82) is 0 Å². The molecule has 0 amide bonds. The smallest absolute Gasteiger partial charge is 0.348 e. The molecule has 0 unspecified atom stereocenters. The van der Waals surface area contributed by atoms with Crippen molar-refractivity contribution in [3.05, 3.63) is 21.9 Å². The average molecular weight is 421 g/mol. The maximum absolute atomic E-state index is 12.5. The molecular weight excluding hydrogens is 376 g/mol. The number of aryl methyl sites for hydroxylation is 1. The summed E-state index contributed by atoms with van der Waals surface area (Å²) in [4.78, 5) is 14.6. The molecule has 29 heavy (non-hydrogen) atoms. The summed E-state index contributed by atoms with van der Waals surface area (Å²) in [5, 5.41) is 0. The van der Waals surface area contributed by atoms with Gasteiger partial charge in [-0.2, -0.15) is 0 Å². The quantitative estimate of drug-likeness (QED) is 0.209. The van der Waals surface area contributed by atoms with Gasteiger partial charge >= 0.3 is 5.97 Å². The first-order valence-corrected chi connectivity index (χ1v) is 13.3. The van der Waals surface area contributed by atoms with Crippen LogP contribution in [0.2, 0.25) is 0 Å². The number of esters is 1. The molecule has 0 radical (unpaired) electrons. The number of ether oxygens (including phenoxy) is 1. The van der Waals surface area contributed by atoms with Gasteiger partial charge < -0.3 is 4.74 Å². The van der Waals surface area contributed by atoms with E-state index in [1.807, 2.05) is 6.07 Å². The number of thiophene rings is 1. The van der Waals surface area contributed by atoms with Gasteiger partial charge in [-0.15, -0.1) is 11.3 Å². The summed E-state index contributed by atoms with van der Waals surface area (Å²) >= 11 is 1.64. The minimum atomic E-state index is -0.0942. The predicted octanol–water partition coefficient (Wildman–Crippen LogP) is 8.73. The lowest BCUT2D eigenvalue weighted by molar-refractivity contribution is 0.0167. The molecule has 166 valence electrons. The molecule has 0 bridgehead atoms. The van der Waals surface area contributed by atoms with Crippen LogP contribution in [-0.2, 0) is 11.2 Å². The molecule has 0 aromatic carbocycles. The molecule has 2 nitrogen and oxygen atoms in total. The Labute approximate surface area is 183 Å². The second kappa shape index (κ2) is 15.0. The summed E-state index contributed by atoms with van der Waals surface area (Å²) < 4.78 is 5.79. The predicted molar refractivity (Wildman–Crippen MR) is 126 cm³/mol. The molecule has 2 rings (SSSR count). The van der Waals surface area contributed by atoms with Gasteiger partial charge in [-0.1, -0.05) is 84.5 Å². The van der Waals surface area contributed by atoms with Gasteiger partial charge in [0, 0.05) is 4.88 Å². The summed E-state index contributed by atoms with van der Waals surface area (Å²) in [6.07, 6.45) is 22.1. The van der Waals surface area contributed by atoms with Crippen molar-refractivity contribution in [3.8, 4) is 0 Å². The third-order valence-corrected chi connectivity index (χ3v) is 7.53. The van der Waals surface area contributed by atoms with Crippen molar-refractivity contribution in [2.24, 2.45) is 5.92 Å². The van der Waals surface area contributed by atoms with Gasteiger partial charge in [-0.25, -0.2) is 4.79 Å². The Balaban J connectivity index is 1.54. The van der Waals surface area contributed by atoms with Crippen molar-refractivity contribution in [3.63, 3.8) is 0 Å². The first kappa shape index (κ1) is 24.4. The molecule has 0 saturated heterocycles. The van der Waals surface area contributed by atoms with Crippen LogP contribution >= 0.6 is 11.3 Å². The van der Waals surface area contributed by atoms with Gasteiger partial charge in [0.15, 0.2) is 0 Å². The van der Waals surface area contributed by atoms with Crippen LogP contribution in [0.25, 0.3) is 0 Å². The van der Waals surface area contributed by atoms with Crippen molar-refractivity contribution in [2.75, 3.05) is 0 Å². The molecule has 0 spiro atoms. The SMILES string of the molecule is CCCCCCCCCCCCc1ccc(C(=O)O[C@H]2CC[C@H](CCC)CC2)s1.